The minimum atomic E-state index is 0.244. The summed E-state index contributed by atoms with van der Waals surface area (Å²) in [5, 5.41) is 28.2. The van der Waals surface area contributed by atoms with Crippen molar-refractivity contribution in [1.82, 2.24) is 0 Å². The molecule has 0 saturated carbocycles. The van der Waals surface area contributed by atoms with E-state index in [2.05, 4.69) is 88.4 Å². The highest BCUT2D eigenvalue weighted by Crippen LogP contribution is 2.46. The molecule has 0 radical (unpaired) electrons. The van der Waals surface area contributed by atoms with Gasteiger partial charge in [0.25, 0.3) is 0 Å². The predicted octanol–water partition coefficient (Wildman–Crippen LogP) is 13.5. The zero-order valence-electron chi connectivity index (χ0n) is 32.4. The van der Waals surface area contributed by atoms with Gasteiger partial charge in [-0.05, 0) is 132 Å². The molecule has 0 aliphatic carbocycles. The molecule has 0 aliphatic rings. The van der Waals surface area contributed by atoms with Gasteiger partial charge >= 0.3 is 0 Å². The number of hydrogen-bond acceptors (Lipinski definition) is 4. The Hall–Kier alpha value is -6.52. The van der Waals surface area contributed by atoms with E-state index in [1.807, 2.05) is 84.9 Å². The summed E-state index contributed by atoms with van der Waals surface area (Å²) in [7, 11) is 0. The summed E-state index contributed by atoms with van der Waals surface area (Å²) in [6.45, 7) is 9.32. The molecule has 8 aromatic rings. The minimum absolute atomic E-state index is 0.244. The molecule has 56 heavy (non-hydrogen) atoms. The third kappa shape index (κ3) is 7.19. The van der Waals surface area contributed by atoms with Crippen LogP contribution < -0.4 is 9.47 Å². The molecule has 0 aliphatic heterocycles. The molecule has 278 valence electrons. The van der Waals surface area contributed by atoms with Gasteiger partial charge in [0.15, 0.2) is 0 Å². The van der Waals surface area contributed by atoms with Crippen LogP contribution in [0.2, 0.25) is 0 Å². The van der Waals surface area contributed by atoms with Crippen LogP contribution in [0.4, 0.5) is 0 Å². The van der Waals surface area contributed by atoms with Crippen molar-refractivity contribution in [2.24, 2.45) is 0 Å². The van der Waals surface area contributed by atoms with Gasteiger partial charge in [0.1, 0.15) is 23.0 Å². The summed E-state index contributed by atoms with van der Waals surface area (Å²) in [6.07, 6.45) is 1.55. The van der Waals surface area contributed by atoms with Gasteiger partial charge in [0.05, 0.1) is 13.2 Å². The van der Waals surface area contributed by atoms with Crippen LogP contribution >= 0.6 is 0 Å². The Morgan fingerprint density at radius 1 is 0.393 bits per heavy atom. The molecule has 0 unspecified atom stereocenters. The normalized spacial score (nSPS) is 11.3. The topological polar surface area (TPSA) is 58.9 Å². The van der Waals surface area contributed by atoms with E-state index in [0.717, 1.165) is 113 Å². The van der Waals surface area contributed by atoms with Crippen LogP contribution in [-0.2, 0) is 0 Å². The zero-order valence-corrected chi connectivity index (χ0v) is 32.4. The Morgan fingerprint density at radius 2 is 0.839 bits per heavy atom. The highest BCUT2D eigenvalue weighted by atomic mass is 16.5. The van der Waals surface area contributed by atoms with Gasteiger partial charge in [-0.1, -0.05) is 109 Å². The number of unbranched alkanes of at least 4 members (excludes halogenated alkanes) is 1. The molecular weight excluding hydrogens is 689 g/mol. The molecule has 0 atom stereocenters. The van der Waals surface area contributed by atoms with Crippen molar-refractivity contribution >= 4 is 21.5 Å². The third-order valence-corrected chi connectivity index (χ3v) is 10.6. The highest BCUT2D eigenvalue weighted by Gasteiger charge is 2.20. The number of aryl methyl sites for hydroxylation is 4. The maximum Gasteiger partial charge on any atom is 0.131 e. The summed E-state index contributed by atoms with van der Waals surface area (Å²) in [6, 6.07) is 49.3. The van der Waals surface area contributed by atoms with Crippen LogP contribution in [-0.4, -0.2) is 23.4 Å². The average molecular weight is 735 g/mol. The van der Waals surface area contributed by atoms with Crippen LogP contribution in [0.1, 0.15) is 35.1 Å². The first-order chi connectivity index (χ1) is 27.3. The molecule has 0 bridgehead atoms. The van der Waals surface area contributed by atoms with Crippen molar-refractivity contribution < 1.29 is 19.7 Å². The Morgan fingerprint density at radius 3 is 1.46 bits per heavy atom. The molecule has 4 nitrogen and oxygen atoms in total. The number of phenolic OH excluding ortho intramolecular Hbond substituents is 2. The monoisotopic (exact) mass is 734 g/mol. The standard InChI is InChI=1S/C52H46O4/c1-33-27-38-16-6-7-17-39(38)43(28-33)46-31-34(2)29-44(51(46)53)41-19-9-11-21-48(41)55-25-13-14-26-56-49-22-12-10-20-42(49)45-30-35(3)32-47(52(45)54)50-36(4)23-24-37-15-5-8-18-40(37)50/h5-12,15-24,27-32,53-54H,13-14,25-26H2,1-4H3. The quantitative estimate of drug-likeness (QED) is 0.130. The van der Waals surface area contributed by atoms with Gasteiger partial charge in [-0.15, -0.1) is 0 Å². The van der Waals surface area contributed by atoms with E-state index in [1.165, 1.54) is 0 Å². The van der Waals surface area contributed by atoms with Crippen LogP contribution in [0.3, 0.4) is 0 Å². The lowest BCUT2D eigenvalue weighted by Gasteiger charge is -2.18. The van der Waals surface area contributed by atoms with E-state index in [4.69, 9.17) is 9.47 Å². The molecule has 4 heteroatoms. The second kappa shape index (κ2) is 15.7. The van der Waals surface area contributed by atoms with Crippen molar-refractivity contribution in [3.8, 4) is 67.5 Å². The van der Waals surface area contributed by atoms with Crippen molar-refractivity contribution in [3.05, 3.63) is 168 Å². The van der Waals surface area contributed by atoms with Crippen molar-refractivity contribution in [3.63, 3.8) is 0 Å². The number of rotatable bonds is 11. The van der Waals surface area contributed by atoms with Gasteiger partial charge in [0, 0.05) is 33.4 Å². The molecule has 0 saturated heterocycles. The fourth-order valence-electron chi connectivity index (χ4n) is 7.98. The highest BCUT2D eigenvalue weighted by molar-refractivity contribution is 6.02. The molecule has 2 N–H and O–H groups in total. The second-order valence-corrected chi connectivity index (χ2v) is 14.8. The average Bonchev–Trinajstić information content (AvgIpc) is 3.21. The van der Waals surface area contributed by atoms with E-state index in [-0.39, 0.29) is 11.5 Å². The maximum atomic E-state index is 11.9. The molecule has 8 aromatic carbocycles. The first-order valence-electron chi connectivity index (χ1n) is 19.4. The Balaban J connectivity index is 0.977. The minimum Gasteiger partial charge on any atom is -0.507 e. The predicted molar refractivity (Wildman–Crippen MR) is 232 cm³/mol. The maximum absolute atomic E-state index is 11.9. The van der Waals surface area contributed by atoms with Gasteiger partial charge in [-0.3, -0.25) is 0 Å². The Labute approximate surface area is 329 Å². The van der Waals surface area contributed by atoms with Crippen LogP contribution in [0, 0.1) is 27.7 Å². The number of para-hydroxylation sites is 2. The van der Waals surface area contributed by atoms with Crippen LogP contribution in [0.5, 0.6) is 23.0 Å². The van der Waals surface area contributed by atoms with Crippen LogP contribution in [0.15, 0.2) is 146 Å². The fourth-order valence-corrected chi connectivity index (χ4v) is 7.98. The van der Waals surface area contributed by atoms with E-state index < -0.39 is 0 Å². The fraction of sp³-hybridized carbons (Fsp3) is 0.154. The molecule has 0 amide bonds. The summed E-state index contributed by atoms with van der Waals surface area (Å²) in [5.74, 6) is 1.95. The van der Waals surface area contributed by atoms with E-state index in [0.29, 0.717) is 13.2 Å². The van der Waals surface area contributed by atoms with Gasteiger partial charge in [-0.25, -0.2) is 0 Å². The summed E-state index contributed by atoms with van der Waals surface area (Å²) >= 11 is 0. The molecule has 0 spiro atoms. The van der Waals surface area contributed by atoms with Gasteiger partial charge in [-0.2, -0.15) is 0 Å². The van der Waals surface area contributed by atoms with E-state index in [9.17, 15) is 10.2 Å². The molecule has 0 fully saturated rings. The zero-order chi connectivity index (χ0) is 38.8. The van der Waals surface area contributed by atoms with Crippen molar-refractivity contribution in [1.29, 1.82) is 0 Å². The summed E-state index contributed by atoms with van der Waals surface area (Å²) < 4.78 is 12.8. The molecular formula is C52H46O4. The van der Waals surface area contributed by atoms with Crippen molar-refractivity contribution in [2.45, 2.75) is 40.5 Å². The number of aromatic hydroxyl groups is 2. The first-order valence-corrected chi connectivity index (χ1v) is 19.4. The van der Waals surface area contributed by atoms with Gasteiger partial charge in [0.2, 0.25) is 0 Å². The van der Waals surface area contributed by atoms with Crippen LogP contribution in [0.25, 0.3) is 66.1 Å². The number of ether oxygens (including phenoxy) is 2. The van der Waals surface area contributed by atoms with Gasteiger partial charge < -0.3 is 19.7 Å². The third-order valence-electron chi connectivity index (χ3n) is 10.6. The van der Waals surface area contributed by atoms with E-state index in [1.54, 1.807) is 0 Å². The lowest BCUT2D eigenvalue weighted by Crippen LogP contribution is -2.04. The molecule has 8 rings (SSSR count). The van der Waals surface area contributed by atoms with E-state index >= 15 is 0 Å². The number of fused-ring (bicyclic) bond motifs is 2. The second-order valence-electron chi connectivity index (χ2n) is 14.8. The SMILES string of the molecule is Cc1cc(-c2ccccc2OCCCCOc2ccccc2-c2cc(C)cc(-c3c(C)ccc4ccccc34)c2O)c(O)c(-c2cc(C)cc3ccccc23)c1. The van der Waals surface area contributed by atoms with Crippen molar-refractivity contribution in [2.75, 3.05) is 13.2 Å². The molecule has 0 heterocycles. The number of phenols is 2. The molecule has 0 aromatic heterocycles. The lowest BCUT2D eigenvalue weighted by atomic mass is 9.89. The smallest absolute Gasteiger partial charge is 0.131 e. The largest absolute Gasteiger partial charge is 0.507 e. The first kappa shape index (κ1) is 36.5. The lowest BCUT2D eigenvalue weighted by molar-refractivity contribution is 0.267. The summed E-state index contributed by atoms with van der Waals surface area (Å²) in [4.78, 5) is 0. The number of benzene rings is 8. The number of hydrogen-bond donors (Lipinski definition) is 2. The Bertz CT molecular complexity index is 2730. The summed E-state index contributed by atoms with van der Waals surface area (Å²) in [5.41, 5.74) is 11.3. The Kier molecular flexibility index (Phi) is 10.2.